The second kappa shape index (κ2) is 7.85. The lowest BCUT2D eigenvalue weighted by molar-refractivity contribution is -0.126. The van der Waals surface area contributed by atoms with E-state index in [2.05, 4.69) is 5.32 Å². The second-order valence-corrected chi connectivity index (χ2v) is 9.10. The van der Waals surface area contributed by atoms with Gasteiger partial charge in [0.25, 0.3) is 0 Å². The summed E-state index contributed by atoms with van der Waals surface area (Å²) in [4.78, 5) is 44.3. The number of benzene rings is 3. The molecule has 6 nitrogen and oxygen atoms in total. The Kier molecular flexibility index (Phi) is 4.78. The quantitative estimate of drug-likeness (QED) is 0.578. The average molecular weight is 470 g/mol. The van der Waals surface area contributed by atoms with Crippen LogP contribution in [-0.4, -0.2) is 29.8 Å². The van der Waals surface area contributed by atoms with Crippen molar-refractivity contribution in [3.05, 3.63) is 95.5 Å². The van der Waals surface area contributed by atoms with Crippen LogP contribution in [0.3, 0.4) is 0 Å². The van der Waals surface area contributed by atoms with Gasteiger partial charge < -0.3 is 10.2 Å². The molecule has 3 amide bonds. The summed E-state index contributed by atoms with van der Waals surface area (Å²) >= 11 is 6.14. The fraction of sp³-hybridized carbons (Fsp3) is 0.148. The largest absolute Gasteiger partial charge is 0.351 e. The van der Waals surface area contributed by atoms with Gasteiger partial charge in [-0.15, -0.1) is 0 Å². The van der Waals surface area contributed by atoms with Crippen molar-refractivity contribution in [2.24, 2.45) is 11.8 Å². The van der Waals surface area contributed by atoms with Crippen LogP contribution >= 0.6 is 11.6 Å². The molecular weight excluding hydrogens is 450 g/mol. The van der Waals surface area contributed by atoms with E-state index in [4.69, 9.17) is 11.6 Å². The molecule has 168 valence electrons. The molecule has 0 bridgehead atoms. The number of para-hydroxylation sites is 2. The topological polar surface area (TPSA) is 69.7 Å². The molecule has 2 fully saturated rings. The third-order valence-electron chi connectivity index (χ3n) is 6.79. The molecule has 0 spiro atoms. The van der Waals surface area contributed by atoms with Crippen LogP contribution in [0.2, 0.25) is 5.02 Å². The highest BCUT2D eigenvalue weighted by atomic mass is 35.5. The average Bonchev–Trinajstić information content (AvgIpc) is 3.32. The van der Waals surface area contributed by atoms with Crippen LogP contribution in [0.1, 0.15) is 5.56 Å². The molecular formula is C27H20ClN3O3. The van der Waals surface area contributed by atoms with Crippen LogP contribution in [-0.2, 0) is 14.4 Å². The SMILES string of the molecule is O=C(Nc1ccccc1)C1C2C(=O)N(c3cccc(Cl)c3)C(=O)C2C2C=Cc3ccccc3N21. The fourth-order valence-electron chi connectivity index (χ4n) is 5.42. The zero-order chi connectivity index (χ0) is 23.4. The van der Waals surface area contributed by atoms with E-state index >= 15 is 0 Å². The minimum Gasteiger partial charge on any atom is -0.351 e. The predicted octanol–water partition coefficient (Wildman–Crippen LogP) is 4.37. The number of anilines is 3. The zero-order valence-electron chi connectivity index (χ0n) is 18.0. The summed E-state index contributed by atoms with van der Waals surface area (Å²) in [5.74, 6) is -2.52. The second-order valence-electron chi connectivity index (χ2n) is 8.66. The minimum atomic E-state index is -0.845. The van der Waals surface area contributed by atoms with Gasteiger partial charge in [-0.25, -0.2) is 4.90 Å². The molecule has 3 aromatic rings. The van der Waals surface area contributed by atoms with E-state index in [1.807, 2.05) is 59.5 Å². The molecule has 3 aromatic carbocycles. The van der Waals surface area contributed by atoms with Crippen molar-refractivity contribution >= 4 is 52.5 Å². The highest BCUT2D eigenvalue weighted by Gasteiger charge is 2.64. The van der Waals surface area contributed by atoms with Crippen molar-refractivity contribution in [3.63, 3.8) is 0 Å². The first-order valence-corrected chi connectivity index (χ1v) is 11.5. The van der Waals surface area contributed by atoms with Gasteiger partial charge in [-0.2, -0.15) is 0 Å². The Balaban J connectivity index is 1.45. The first-order valence-electron chi connectivity index (χ1n) is 11.1. The minimum absolute atomic E-state index is 0.314. The van der Waals surface area contributed by atoms with E-state index in [1.54, 1.807) is 36.4 Å². The molecule has 4 atom stereocenters. The fourth-order valence-corrected chi connectivity index (χ4v) is 5.61. The number of halogens is 1. The van der Waals surface area contributed by atoms with Crippen LogP contribution < -0.4 is 15.1 Å². The molecule has 6 rings (SSSR count). The number of carbonyl (C=O) groups excluding carboxylic acids is 3. The standard InChI is InChI=1S/C27H20ClN3O3/c28-17-8-6-11-19(15-17)30-26(33)22-21-14-13-16-7-4-5-12-20(16)31(21)24(23(22)27(30)34)25(32)29-18-9-2-1-3-10-18/h1-15,21-24H,(H,29,32). The van der Waals surface area contributed by atoms with Crippen molar-refractivity contribution in [2.75, 3.05) is 15.1 Å². The van der Waals surface area contributed by atoms with E-state index in [0.717, 1.165) is 11.3 Å². The summed E-state index contributed by atoms with van der Waals surface area (Å²) in [6.45, 7) is 0. The maximum absolute atomic E-state index is 13.8. The molecule has 0 aromatic heterocycles. The maximum atomic E-state index is 13.8. The number of amides is 3. The Morgan fingerprint density at radius 2 is 1.59 bits per heavy atom. The Morgan fingerprint density at radius 3 is 2.38 bits per heavy atom. The van der Waals surface area contributed by atoms with E-state index in [-0.39, 0.29) is 17.7 Å². The van der Waals surface area contributed by atoms with Crippen molar-refractivity contribution in [3.8, 4) is 0 Å². The molecule has 7 heteroatoms. The number of hydrogen-bond acceptors (Lipinski definition) is 4. The van der Waals surface area contributed by atoms with Gasteiger partial charge in [-0.05, 0) is 42.0 Å². The monoisotopic (exact) mass is 469 g/mol. The van der Waals surface area contributed by atoms with E-state index in [9.17, 15) is 14.4 Å². The third-order valence-corrected chi connectivity index (χ3v) is 7.03. The molecule has 1 N–H and O–H groups in total. The summed E-state index contributed by atoms with van der Waals surface area (Å²) in [7, 11) is 0. The summed E-state index contributed by atoms with van der Waals surface area (Å²) in [6.07, 6.45) is 3.90. The summed E-state index contributed by atoms with van der Waals surface area (Å²) < 4.78 is 0. The van der Waals surface area contributed by atoms with Crippen LogP contribution in [0.15, 0.2) is 84.9 Å². The third kappa shape index (κ3) is 3.06. The normalized spacial score (nSPS) is 24.6. The molecule has 3 heterocycles. The molecule has 2 saturated heterocycles. The van der Waals surface area contributed by atoms with Crippen LogP contribution in [0.25, 0.3) is 6.08 Å². The molecule has 0 saturated carbocycles. The Bertz CT molecular complexity index is 1360. The number of rotatable bonds is 3. The lowest BCUT2D eigenvalue weighted by Gasteiger charge is -2.36. The number of nitrogens with zero attached hydrogens (tertiary/aromatic N) is 2. The molecule has 4 unspecified atom stereocenters. The van der Waals surface area contributed by atoms with E-state index in [0.29, 0.717) is 16.4 Å². The number of carbonyl (C=O) groups is 3. The first-order chi connectivity index (χ1) is 16.5. The molecule has 0 aliphatic carbocycles. The van der Waals surface area contributed by atoms with Gasteiger partial charge in [0.1, 0.15) is 6.04 Å². The summed E-state index contributed by atoms with van der Waals surface area (Å²) in [5, 5.41) is 3.38. The molecule has 3 aliphatic rings. The van der Waals surface area contributed by atoms with Crippen molar-refractivity contribution < 1.29 is 14.4 Å². The summed E-state index contributed by atoms with van der Waals surface area (Å²) in [5.41, 5.74) is 2.85. The van der Waals surface area contributed by atoms with Crippen molar-refractivity contribution in [1.29, 1.82) is 0 Å². The Labute approximate surface area is 201 Å². The highest BCUT2D eigenvalue weighted by Crippen LogP contribution is 2.49. The van der Waals surface area contributed by atoms with Gasteiger partial charge >= 0.3 is 0 Å². The van der Waals surface area contributed by atoms with Gasteiger partial charge in [0, 0.05) is 16.4 Å². The van der Waals surface area contributed by atoms with E-state index in [1.165, 1.54) is 4.90 Å². The van der Waals surface area contributed by atoms with Crippen LogP contribution in [0.4, 0.5) is 17.1 Å². The van der Waals surface area contributed by atoms with E-state index < -0.39 is 23.9 Å². The molecule has 34 heavy (non-hydrogen) atoms. The maximum Gasteiger partial charge on any atom is 0.247 e. The lowest BCUT2D eigenvalue weighted by Crippen LogP contribution is -2.50. The lowest BCUT2D eigenvalue weighted by atomic mass is 9.88. The number of imide groups is 1. The Hall–Kier alpha value is -3.90. The summed E-state index contributed by atoms with van der Waals surface area (Å²) in [6, 6.07) is 22.3. The molecule has 0 radical (unpaired) electrons. The predicted molar refractivity (Wildman–Crippen MR) is 132 cm³/mol. The van der Waals surface area contributed by atoms with Gasteiger partial charge in [0.15, 0.2) is 0 Å². The van der Waals surface area contributed by atoms with Gasteiger partial charge in [0.2, 0.25) is 17.7 Å². The van der Waals surface area contributed by atoms with Crippen LogP contribution in [0, 0.1) is 11.8 Å². The Morgan fingerprint density at radius 1 is 0.853 bits per heavy atom. The first kappa shape index (κ1) is 20.7. The molecule has 3 aliphatic heterocycles. The number of nitrogens with one attached hydrogen (secondary N) is 1. The smallest absolute Gasteiger partial charge is 0.247 e. The number of hydrogen-bond donors (Lipinski definition) is 1. The van der Waals surface area contributed by atoms with Crippen molar-refractivity contribution in [2.45, 2.75) is 12.1 Å². The van der Waals surface area contributed by atoms with Gasteiger partial charge in [-0.3, -0.25) is 14.4 Å². The van der Waals surface area contributed by atoms with Crippen molar-refractivity contribution in [1.82, 2.24) is 0 Å². The van der Waals surface area contributed by atoms with Crippen LogP contribution in [0.5, 0.6) is 0 Å². The highest BCUT2D eigenvalue weighted by molar-refractivity contribution is 6.31. The zero-order valence-corrected chi connectivity index (χ0v) is 18.7. The van der Waals surface area contributed by atoms with Gasteiger partial charge in [0.05, 0.1) is 23.6 Å². The van der Waals surface area contributed by atoms with Gasteiger partial charge in [-0.1, -0.05) is 66.2 Å². The number of fused-ring (bicyclic) bond motifs is 5.